The second-order valence-corrected chi connectivity index (χ2v) is 12.9. The molecule has 2 aromatic heterocycles. The van der Waals surface area contributed by atoms with Crippen LogP contribution in [0, 0.1) is 11.6 Å². The maximum absolute atomic E-state index is 14.5. The van der Waals surface area contributed by atoms with Crippen LogP contribution in [0.15, 0.2) is 59.3 Å². The Labute approximate surface area is 255 Å². The van der Waals surface area contributed by atoms with Gasteiger partial charge in [-0.15, -0.1) is 22.7 Å². The first-order valence-corrected chi connectivity index (χ1v) is 16.5. The molecule has 0 spiro atoms. The fourth-order valence-electron chi connectivity index (χ4n) is 6.41. The van der Waals surface area contributed by atoms with Crippen molar-refractivity contribution in [1.82, 2.24) is 10.6 Å². The second kappa shape index (κ2) is 13.1. The van der Waals surface area contributed by atoms with E-state index in [0.717, 1.165) is 56.3 Å². The average molecular weight is 609 g/mol. The van der Waals surface area contributed by atoms with Gasteiger partial charge in [0.1, 0.15) is 24.0 Å². The SMILES string of the molecule is CNCCC(c1cc(COc2cccc3c2CCN3C(CCNC)c2cccs2)cs1)N1CCc2c(F)cc(F)cc21. The zero-order valence-corrected chi connectivity index (χ0v) is 25.8. The van der Waals surface area contributed by atoms with Crippen molar-refractivity contribution in [3.63, 3.8) is 0 Å². The normalized spacial score (nSPS) is 15.6. The van der Waals surface area contributed by atoms with E-state index in [1.54, 1.807) is 11.3 Å². The smallest absolute Gasteiger partial charge is 0.131 e. The molecule has 4 aromatic rings. The Morgan fingerprint density at radius 3 is 2.31 bits per heavy atom. The number of halogens is 2. The predicted octanol–water partition coefficient (Wildman–Crippen LogP) is 7.09. The molecule has 222 valence electrons. The van der Waals surface area contributed by atoms with E-state index in [1.807, 2.05) is 25.4 Å². The fourth-order valence-corrected chi connectivity index (χ4v) is 8.33. The lowest BCUT2D eigenvalue weighted by Crippen LogP contribution is -2.28. The summed E-state index contributed by atoms with van der Waals surface area (Å²) in [4.78, 5) is 7.30. The summed E-state index contributed by atoms with van der Waals surface area (Å²) in [6, 6.07) is 15.9. The molecule has 2 aliphatic rings. The van der Waals surface area contributed by atoms with Crippen molar-refractivity contribution < 1.29 is 13.5 Å². The third kappa shape index (κ3) is 5.93. The topological polar surface area (TPSA) is 39.8 Å². The number of hydrogen-bond acceptors (Lipinski definition) is 7. The summed E-state index contributed by atoms with van der Waals surface area (Å²) in [5.74, 6) is -0.0197. The predicted molar refractivity (Wildman–Crippen MR) is 170 cm³/mol. The number of nitrogens with one attached hydrogen (secondary N) is 2. The van der Waals surface area contributed by atoms with Crippen LogP contribution >= 0.6 is 22.7 Å². The lowest BCUT2D eigenvalue weighted by Gasteiger charge is -2.30. The first kappa shape index (κ1) is 29.1. The van der Waals surface area contributed by atoms with Gasteiger partial charge in [0.05, 0.1) is 12.1 Å². The number of hydrogen-bond donors (Lipinski definition) is 2. The van der Waals surface area contributed by atoms with Crippen LogP contribution in [0.5, 0.6) is 5.75 Å². The van der Waals surface area contributed by atoms with Gasteiger partial charge >= 0.3 is 0 Å². The molecule has 0 fully saturated rings. The van der Waals surface area contributed by atoms with Gasteiger partial charge in [0, 0.05) is 57.0 Å². The summed E-state index contributed by atoms with van der Waals surface area (Å²) in [7, 11) is 3.95. The van der Waals surface area contributed by atoms with E-state index < -0.39 is 11.6 Å². The molecule has 5 nitrogen and oxygen atoms in total. The molecule has 9 heteroatoms. The van der Waals surface area contributed by atoms with Crippen molar-refractivity contribution in [3.8, 4) is 5.75 Å². The van der Waals surface area contributed by atoms with Gasteiger partial charge in [-0.2, -0.15) is 0 Å². The summed E-state index contributed by atoms with van der Waals surface area (Å²) in [5, 5.41) is 10.9. The first-order valence-electron chi connectivity index (χ1n) is 14.7. The molecule has 2 N–H and O–H groups in total. The highest BCUT2D eigenvalue weighted by atomic mass is 32.1. The zero-order valence-electron chi connectivity index (χ0n) is 24.2. The summed E-state index contributed by atoms with van der Waals surface area (Å²) in [5.41, 5.74) is 4.97. The average Bonchev–Trinajstić information content (AvgIpc) is 3.80. The molecular formula is C33H38F2N4OS2. The highest BCUT2D eigenvalue weighted by molar-refractivity contribution is 7.10. The highest BCUT2D eigenvalue weighted by Gasteiger charge is 2.32. The highest BCUT2D eigenvalue weighted by Crippen LogP contribution is 2.43. The van der Waals surface area contributed by atoms with Gasteiger partial charge in [0.2, 0.25) is 0 Å². The van der Waals surface area contributed by atoms with Crippen LogP contribution in [0.1, 0.15) is 51.4 Å². The van der Waals surface area contributed by atoms with Gasteiger partial charge in [-0.05, 0) is 94.0 Å². The van der Waals surface area contributed by atoms with E-state index in [2.05, 4.69) is 67.6 Å². The molecule has 4 heterocycles. The van der Waals surface area contributed by atoms with E-state index in [0.29, 0.717) is 36.9 Å². The van der Waals surface area contributed by atoms with E-state index >= 15 is 0 Å². The lowest BCUT2D eigenvalue weighted by atomic mass is 10.1. The summed E-state index contributed by atoms with van der Waals surface area (Å²) < 4.78 is 35.1. The van der Waals surface area contributed by atoms with Crippen molar-refractivity contribution in [2.75, 3.05) is 50.1 Å². The minimum absolute atomic E-state index is 0.0416. The fraction of sp³-hybridized carbons (Fsp3) is 0.394. The zero-order chi connectivity index (χ0) is 29.1. The molecule has 2 aromatic carbocycles. The molecular weight excluding hydrogens is 571 g/mol. The van der Waals surface area contributed by atoms with Gasteiger partial charge in [-0.1, -0.05) is 12.1 Å². The molecule has 0 saturated carbocycles. The third-order valence-corrected chi connectivity index (χ3v) is 10.5. The minimum Gasteiger partial charge on any atom is -0.489 e. The molecule has 2 aliphatic heterocycles. The third-order valence-electron chi connectivity index (χ3n) is 8.43. The Hall–Kier alpha value is -2.98. The Kier molecular flexibility index (Phi) is 9.09. The quantitative estimate of drug-likeness (QED) is 0.170. The number of ether oxygens (including phenoxy) is 1. The van der Waals surface area contributed by atoms with E-state index in [1.165, 1.54) is 27.1 Å². The van der Waals surface area contributed by atoms with Crippen molar-refractivity contribution >= 4 is 34.0 Å². The molecule has 6 rings (SSSR count). The summed E-state index contributed by atoms with van der Waals surface area (Å²) in [6.45, 7) is 3.93. The van der Waals surface area contributed by atoms with Crippen LogP contribution in [-0.4, -0.2) is 40.3 Å². The molecule has 42 heavy (non-hydrogen) atoms. The van der Waals surface area contributed by atoms with Crippen LogP contribution in [-0.2, 0) is 19.4 Å². The van der Waals surface area contributed by atoms with Crippen molar-refractivity contribution in [3.05, 3.63) is 97.4 Å². The number of anilines is 2. The van der Waals surface area contributed by atoms with Crippen molar-refractivity contribution in [2.24, 2.45) is 0 Å². The number of nitrogens with zero attached hydrogens (tertiary/aromatic N) is 2. The second-order valence-electron chi connectivity index (χ2n) is 11.0. The van der Waals surface area contributed by atoms with Crippen molar-refractivity contribution in [1.29, 1.82) is 0 Å². The van der Waals surface area contributed by atoms with Gasteiger partial charge < -0.3 is 25.2 Å². The number of benzene rings is 2. The van der Waals surface area contributed by atoms with Gasteiger partial charge in [0.15, 0.2) is 0 Å². The Balaban J connectivity index is 1.18. The summed E-state index contributed by atoms with van der Waals surface area (Å²) >= 11 is 3.53. The molecule has 0 amide bonds. The Morgan fingerprint density at radius 1 is 0.833 bits per heavy atom. The monoisotopic (exact) mass is 608 g/mol. The molecule has 0 saturated heterocycles. The summed E-state index contributed by atoms with van der Waals surface area (Å²) in [6.07, 6.45) is 3.46. The molecule has 0 aliphatic carbocycles. The first-order chi connectivity index (χ1) is 20.6. The molecule has 0 bridgehead atoms. The van der Waals surface area contributed by atoms with Crippen LogP contribution in [0.25, 0.3) is 0 Å². The van der Waals surface area contributed by atoms with E-state index in [-0.39, 0.29) is 6.04 Å². The van der Waals surface area contributed by atoms with Gasteiger partial charge in [-0.25, -0.2) is 8.78 Å². The standard InChI is InChI=1S/C33H38F2N4OS2/c1-36-12-8-28(32-7-4-16-41-32)38-15-11-25-27(38)5-3-6-31(25)40-20-22-17-33(42-21-22)29(9-13-37-2)39-14-10-24-26(35)18-23(34)19-30(24)39/h3-7,16-19,21,28-29,36-37H,8-15,20H2,1-2H3. The van der Waals surface area contributed by atoms with Gasteiger partial charge in [-0.3, -0.25) is 0 Å². The Morgan fingerprint density at radius 2 is 1.57 bits per heavy atom. The molecule has 0 radical (unpaired) electrons. The van der Waals surface area contributed by atoms with E-state index in [9.17, 15) is 8.78 Å². The van der Waals surface area contributed by atoms with Gasteiger partial charge in [0.25, 0.3) is 0 Å². The van der Waals surface area contributed by atoms with Crippen LogP contribution in [0.3, 0.4) is 0 Å². The van der Waals surface area contributed by atoms with Crippen LogP contribution in [0.2, 0.25) is 0 Å². The Bertz CT molecular complexity index is 1490. The number of fused-ring (bicyclic) bond motifs is 2. The largest absolute Gasteiger partial charge is 0.489 e. The maximum Gasteiger partial charge on any atom is 0.131 e. The lowest BCUT2D eigenvalue weighted by molar-refractivity contribution is 0.304. The molecule has 2 atom stereocenters. The maximum atomic E-state index is 14.5. The van der Waals surface area contributed by atoms with Crippen molar-refractivity contribution in [2.45, 2.75) is 44.4 Å². The van der Waals surface area contributed by atoms with Crippen LogP contribution < -0.4 is 25.2 Å². The molecule has 2 unspecified atom stereocenters. The number of thiophene rings is 2. The number of rotatable bonds is 13. The minimum atomic E-state index is -0.525. The van der Waals surface area contributed by atoms with E-state index in [4.69, 9.17) is 4.74 Å². The van der Waals surface area contributed by atoms with Crippen LogP contribution in [0.4, 0.5) is 20.2 Å².